The van der Waals surface area contributed by atoms with Crippen LogP contribution in [0.15, 0.2) is 51.4 Å². The van der Waals surface area contributed by atoms with Gasteiger partial charge in [-0.25, -0.2) is 0 Å². The molecule has 2 aromatic carbocycles. The SMILES string of the molecule is Cc1cc(NC(=O)CNC(=O)c2cccc(Br)c2)ccc1Br. The first kappa shape index (κ1) is 16.7. The van der Waals surface area contributed by atoms with E-state index in [4.69, 9.17) is 0 Å². The van der Waals surface area contributed by atoms with Gasteiger partial charge < -0.3 is 10.6 Å². The van der Waals surface area contributed by atoms with E-state index >= 15 is 0 Å². The number of aryl methyl sites for hydroxylation is 1. The summed E-state index contributed by atoms with van der Waals surface area (Å²) in [6, 6.07) is 12.5. The molecular weight excluding hydrogens is 412 g/mol. The summed E-state index contributed by atoms with van der Waals surface area (Å²) in [7, 11) is 0. The Hall–Kier alpha value is -1.66. The molecule has 0 aromatic heterocycles. The van der Waals surface area contributed by atoms with E-state index in [0.717, 1.165) is 14.5 Å². The van der Waals surface area contributed by atoms with Crippen molar-refractivity contribution >= 4 is 49.4 Å². The fourth-order valence-corrected chi connectivity index (χ4v) is 2.47. The Bertz CT molecular complexity index is 717. The first-order valence-corrected chi connectivity index (χ1v) is 8.14. The molecule has 22 heavy (non-hydrogen) atoms. The lowest BCUT2D eigenvalue weighted by molar-refractivity contribution is -0.115. The molecule has 2 N–H and O–H groups in total. The van der Waals surface area contributed by atoms with Crippen molar-refractivity contribution in [3.63, 3.8) is 0 Å². The highest BCUT2D eigenvalue weighted by molar-refractivity contribution is 9.10. The summed E-state index contributed by atoms with van der Waals surface area (Å²) >= 11 is 6.71. The Morgan fingerprint density at radius 3 is 2.55 bits per heavy atom. The normalized spacial score (nSPS) is 10.1. The van der Waals surface area contributed by atoms with Crippen molar-refractivity contribution in [2.45, 2.75) is 6.92 Å². The first-order valence-electron chi connectivity index (χ1n) is 6.55. The van der Waals surface area contributed by atoms with Crippen LogP contribution in [-0.4, -0.2) is 18.4 Å². The molecule has 0 radical (unpaired) electrons. The molecule has 114 valence electrons. The van der Waals surface area contributed by atoms with Crippen LogP contribution in [0.1, 0.15) is 15.9 Å². The fourth-order valence-electron chi connectivity index (χ4n) is 1.82. The summed E-state index contributed by atoms with van der Waals surface area (Å²) in [5.41, 5.74) is 2.22. The van der Waals surface area contributed by atoms with Crippen LogP contribution in [0.5, 0.6) is 0 Å². The summed E-state index contributed by atoms with van der Waals surface area (Å²) in [6.07, 6.45) is 0. The van der Waals surface area contributed by atoms with Gasteiger partial charge in [-0.05, 0) is 48.9 Å². The molecule has 2 aromatic rings. The van der Waals surface area contributed by atoms with Crippen molar-refractivity contribution in [3.05, 3.63) is 62.5 Å². The van der Waals surface area contributed by atoms with E-state index < -0.39 is 0 Å². The van der Waals surface area contributed by atoms with Crippen molar-refractivity contribution in [3.8, 4) is 0 Å². The minimum absolute atomic E-state index is 0.0829. The number of halogens is 2. The quantitative estimate of drug-likeness (QED) is 0.780. The lowest BCUT2D eigenvalue weighted by atomic mass is 10.2. The molecule has 0 spiro atoms. The Morgan fingerprint density at radius 1 is 1.09 bits per heavy atom. The predicted molar refractivity (Wildman–Crippen MR) is 94.0 cm³/mol. The highest BCUT2D eigenvalue weighted by Crippen LogP contribution is 2.19. The van der Waals surface area contributed by atoms with Crippen LogP contribution in [0, 0.1) is 6.92 Å². The van der Waals surface area contributed by atoms with Crippen molar-refractivity contribution in [1.82, 2.24) is 5.32 Å². The minimum Gasteiger partial charge on any atom is -0.343 e. The first-order chi connectivity index (χ1) is 10.5. The molecule has 2 amide bonds. The van der Waals surface area contributed by atoms with Crippen LogP contribution in [0.3, 0.4) is 0 Å². The van der Waals surface area contributed by atoms with Gasteiger partial charge in [0.05, 0.1) is 6.54 Å². The zero-order valence-electron chi connectivity index (χ0n) is 11.8. The zero-order valence-corrected chi connectivity index (χ0v) is 15.0. The summed E-state index contributed by atoms with van der Waals surface area (Å²) in [5.74, 6) is -0.562. The molecule has 0 fully saturated rings. The summed E-state index contributed by atoms with van der Waals surface area (Å²) in [6.45, 7) is 1.86. The van der Waals surface area contributed by atoms with Gasteiger partial charge in [0.15, 0.2) is 0 Å². The lowest BCUT2D eigenvalue weighted by Gasteiger charge is -2.08. The van der Waals surface area contributed by atoms with Crippen LogP contribution in [0.2, 0.25) is 0 Å². The fraction of sp³-hybridized carbons (Fsp3) is 0.125. The van der Waals surface area contributed by atoms with Gasteiger partial charge >= 0.3 is 0 Å². The van der Waals surface area contributed by atoms with Gasteiger partial charge in [0, 0.05) is 20.2 Å². The Labute approximate surface area is 145 Å². The average molecular weight is 426 g/mol. The maximum absolute atomic E-state index is 11.9. The largest absolute Gasteiger partial charge is 0.343 e. The lowest BCUT2D eigenvalue weighted by Crippen LogP contribution is -2.32. The highest BCUT2D eigenvalue weighted by atomic mass is 79.9. The van der Waals surface area contributed by atoms with E-state index in [-0.39, 0.29) is 18.4 Å². The number of amides is 2. The van der Waals surface area contributed by atoms with E-state index in [1.54, 1.807) is 24.3 Å². The van der Waals surface area contributed by atoms with Crippen LogP contribution in [0.4, 0.5) is 5.69 Å². The standard InChI is InChI=1S/C16H14Br2N2O2/c1-10-7-13(5-6-14(10)18)20-15(21)9-19-16(22)11-3-2-4-12(17)8-11/h2-8H,9H2,1H3,(H,19,22)(H,20,21). The van der Waals surface area contributed by atoms with Crippen molar-refractivity contribution in [2.75, 3.05) is 11.9 Å². The van der Waals surface area contributed by atoms with E-state index in [1.807, 2.05) is 25.1 Å². The average Bonchev–Trinajstić information content (AvgIpc) is 2.48. The van der Waals surface area contributed by atoms with Gasteiger partial charge in [-0.15, -0.1) is 0 Å². The summed E-state index contributed by atoms with van der Waals surface area (Å²) in [5, 5.41) is 5.34. The Balaban J connectivity index is 1.90. The molecule has 0 saturated heterocycles. The number of rotatable bonds is 4. The van der Waals surface area contributed by atoms with Crippen LogP contribution < -0.4 is 10.6 Å². The van der Waals surface area contributed by atoms with Crippen LogP contribution in [-0.2, 0) is 4.79 Å². The minimum atomic E-state index is -0.288. The molecule has 0 saturated carbocycles. The molecule has 4 nitrogen and oxygen atoms in total. The van der Waals surface area contributed by atoms with Gasteiger partial charge in [0.2, 0.25) is 5.91 Å². The van der Waals surface area contributed by atoms with Crippen LogP contribution in [0.25, 0.3) is 0 Å². The molecule has 6 heteroatoms. The summed E-state index contributed by atoms with van der Waals surface area (Å²) in [4.78, 5) is 23.8. The Morgan fingerprint density at radius 2 is 1.86 bits per heavy atom. The number of carbonyl (C=O) groups is 2. The highest BCUT2D eigenvalue weighted by Gasteiger charge is 2.09. The van der Waals surface area contributed by atoms with E-state index in [1.165, 1.54) is 0 Å². The number of hydrogen-bond acceptors (Lipinski definition) is 2. The second kappa shape index (κ2) is 7.56. The third-order valence-electron chi connectivity index (χ3n) is 2.94. The molecule has 0 unspecified atom stereocenters. The third kappa shape index (κ3) is 4.68. The molecule has 0 heterocycles. The van der Waals surface area contributed by atoms with E-state index in [9.17, 15) is 9.59 Å². The van der Waals surface area contributed by atoms with Crippen molar-refractivity contribution in [2.24, 2.45) is 0 Å². The predicted octanol–water partition coefficient (Wildman–Crippen LogP) is 3.89. The van der Waals surface area contributed by atoms with E-state index in [2.05, 4.69) is 42.5 Å². The van der Waals surface area contributed by atoms with Crippen molar-refractivity contribution in [1.29, 1.82) is 0 Å². The molecule has 0 aliphatic heterocycles. The molecular formula is C16H14Br2N2O2. The van der Waals surface area contributed by atoms with Crippen LogP contribution >= 0.6 is 31.9 Å². The zero-order chi connectivity index (χ0) is 16.1. The third-order valence-corrected chi connectivity index (χ3v) is 4.32. The second-order valence-electron chi connectivity index (χ2n) is 4.71. The molecule has 0 bridgehead atoms. The Kier molecular flexibility index (Phi) is 5.74. The monoisotopic (exact) mass is 424 g/mol. The van der Waals surface area contributed by atoms with Gasteiger partial charge in [0.25, 0.3) is 5.91 Å². The molecule has 2 rings (SSSR count). The molecule has 0 aliphatic rings. The topological polar surface area (TPSA) is 58.2 Å². The van der Waals surface area contributed by atoms with Gasteiger partial charge in [-0.2, -0.15) is 0 Å². The van der Waals surface area contributed by atoms with Gasteiger partial charge in [0.1, 0.15) is 0 Å². The summed E-state index contributed by atoms with van der Waals surface area (Å²) < 4.78 is 1.79. The smallest absolute Gasteiger partial charge is 0.251 e. The maximum atomic E-state index is 11.9. The molecule has 0 aliphatic carbocycles. The second-order valence-corrected chi connectivity index (χ2v) is 6.48. The number of anilines is 1. The van der Waals surface area contributed by atoms with Crippen molar-refractivity contribution < 1.29 is 9.59 Å². The van der Waals surface area contributed by atoms with E-state index in [0.29, 0.717) is 11.3 Å². The maximum Gasteiger partial charge on any atom is 0.251 e. The number of benzene rings is 2. The number of nitrogens with one attached hydrogen (secondary N) is 2. The van der Waals surface area contributed by atoms with Gasteiger partial charge in [-0.3, -0.25) is 9.59 Å². The number of hydrogen-bond donors (Lipinski definition) is 2. The van der Waals surface area contributed by atoms with Gasteiger partial charge in [-0.1, -0.05) is 37.9 Å². The molecule has 0 atom stereocenters. The number of carbonyl (C=O) groups excluding carboxylic acids is 2.